The molecule has 2 aromatic carbocycles. The van der Waals surface area contributed by atoms with E-state index in [2.05, 4.69) is 15.8 Å². The zero-order chi connectivity index (χ0) is 20.3. The third-order valence-electron chi connectivity index (χ3n) is 4.52. The van der Waals surface area contributed by atoms with Gasteiger partial charge in [0.15, 0.2) is 15.1 Å². The number of sulfone groups is 1. The smallest absolute Gasteiger partial charge is 0.254 e. The molecule has 0 aliphatic carbocycles. The van der Waals surface area contributed by atoms with Crippen LogP contribution in [0.1, 0.15) is 5.69 Å². The zero-order valence-corrected chi connectivity index (χ0v) is 16.2. The Morgan fingerprint density at radius 3 is 2.55 bits per heavy atom. The maximum Gasteiger partial charge on any atom is 0.254 e. The number of hydrogen-bond donors (Lipinski definition) is 2. The van der Waals surface area contributed by atoms with Crippen LogP contribution in [0.5, 0.6) is 5.75 Å². The van der Waals surface area contributed by atoms with Crippen LogP contribution in [-0.2, 0) is 21.1 Å². The highest BCUT2D eigenvalue weighted by atomic mass is 32.2. The molecule has 0 radical (unpaired) electrons. The standard InChI is InChI=1S/C20H19N3O5S/c24-19-18(12-21-23-19)29(25,26)17-8-6-16(7-9-17)27-11-10-15-13-28-20(22-15)14-4-2-1-3-5-14/h1-9,13,18,21H,10-12H2,(H,23,24). The quantitative estimate of drug-likeness (QED) is 0.607. The SMILES string of the molecule is O=C1NNCC1S(=O)(=O)c1ccc(OCCc2coc(-c3ccccc3)n2)cc1. The molecule has 1 unspecified atom stereocenters. The molecular weight excluding hydrogens is 394 g/mol. The van der Waals surface area contributed by atoms with Gasteiger partial charge in [-0.1, -0.05) is 18.2 Å². The second kappa shape index (κ2) is 8.06. The fourth-order valence-corrected chi connectivity index (χ4v) is 4.44. The Hall–Kier alpha value is -3.17. The van der Waals surface area contributed by atoms with Crippen molar-refractivity contribution in [2.75, 3.05) is 13.2 Å². The van der Waals surface area contributed by atoms with Gasteiger partial charge in [-0.15, -0.1) is 0 Å². The van der Waals surface area contributed by atoms with Crippen molar-refractivity contribution in [1.29, 1.82) is 0 Å². The Labute approximate surface area is 167 Å². The van der Waals surface area contributed by atoms with E-state index in [9.17, 15) is 13.2 Å². The van der Waals surface area contributed by atoms with Gasteiger partial charge in [0.1, 0.15) is 12.0 Å². The van der Waals surface area contributed by atoms with Crippen LogP contribution in [0.3, 0.4) is 0 Å². The largest absolute Gasteiger partial charge is 0.493 e. The molecule has 1 aromatic heterocycles. The summed E-state index contributed by atoms with van der Waals surface area (Å²) in [6, 6.07) is 15.6. The van der Waals surface area contributed by atoms with E-state index >= 15 is 0 Å². The molecule has 150 valence electrons. The number of carbonyl (C=O) groups is 1. The second-order valence-corrected chi connectivity index (χ2v) is 8.61. The summed E-state index contributed by atoms with van der Waals surface area (Å²) in [6.07, 6.45) is 2.15. The van der Waals surface area contributed by atoms with Gasteiger partial charge in [0.05, 0.1) is 17.2 Å². The van der Waals surface area contributed by atoms with Gasteiger partial charge in [-0.2, -0.15) is 0 Å². The fraction of sp³-hybridized carbons (Fsp3) is 0.200. The average Bonchev–Trinajstić information content (AvgIpc) is 3.38. The number of aromatic nitrogens is 1. The summed E-state index contributed by atoms with van der Waals surface area (Å²) in [4.78, 5) is 16.2. The van der Waals surface area contributed by atoms with Crippen molar-refractivity contribution >= 4 is 15.7 Å². The minimum atomic E-state index is -3.74. The van der Waals surface area contributed by atoms with E-state index in [0.29, 0.717) is 24.7 Å². The molecule has 2 heterocycles. The highest BCUT2D eigenvalue weighted by Gasteiger charge is 2.37. The van der Waals surface area contributed by atoms with Crippen molar-refractivity contribution in [3.05, 3.63) is 66.6 Å². The first-order valence-electron chi connectivity index (χ1n) is 9.03. The minimum Gasteiger partial charge on any atom is -0.493 e. The third kappa shape index (κ3) is 4.15. The first-order chi connectivity index (χ1) is 14.0. The molecule has 1 fully saturated rings. The molecule has 1 aliphatic rings. The summed E-state index contributed by atoms with van der Waals surface area (Å²) >= 11 is 0. The molecule has 0 spiro atoms. The lowest BCUT2D eigenvalue weighted by molar-refractivity contribution is -0.119. The molecule has 2 N–H and O–H groups in total. The van der Waals surface area contributed by atoms with Gasteiger partial charge in [0.2, 0.25) is 5.89 Å². The topological polar surface area (TPSA) is 111 Å². The predicted octanol–water partition coefficient (Wildman–Crippen LogP) is 1.74. The first kappa shape index (κ1) is 19.2. The number of hydrogen-bond acceptors (Lipinski definition) is 7. The number of amides is 1. The van der Waals surface area contributed by atoms with E-state index in [0.717, 1.165) is 11.3 Å². The molecule has 1 atom stereocenters. The van der Waals surface area contributed by atoms with Gasteiger partial charge < -0.3 is 9.15 Å². The van der Waals surface area contributed by atoms with Crippen LogP contribution in [-0.4, -0.2) is 37.7 Å². The summed E-state index contributed by atoms with van der Waals surface area (Å²) in [7, 11) is -3.74. The molecule has 0 saturated carbocycles. The van der Waals surface area contributed by atoms with Crippen LogP contribution in [0.4, 0.5) is 0 Å². The molecule has 3 aromatic rings. The zero-order valence-electron chi connectivity index (χ0n) is 15.4. The molecule has 0 bridgehead atoms. The van der Waals surface area contributed by atoms with E-state index in [1.165, 1.54) is 12.1 Å². The number of hydrazine groups is 1. The van der Waals surface area contributed by atoms with E-state index in [1.807, 2.05) is 30.3 Å². The summed E-state index contributed by atoms with van der Waals surface area (Å²) < 4.78 is 36.2. The van der Waals surface area contributed by atoms with E-state index < -0.39 is 21.0 Å². The lowest BCUT2D eigenvalue weighted by atomic mass is 10.2. The Bertz CT molecular complexity index is 1090. The van der Waals surface area contributed by atoms with Crippen molar-refractivity contribution in [1.82, 2.24) is 15.8 Å². The summed E-state index contributed by atoms with van der Waals surface area (Å²) in [6.45, 7) is 0.407. The van der Waals surface area contributed by atoms with Gasteiger partial charge >= 0.3 is 0 Å². The second-order valence-electron chi connectivity index (χ2n) is 6.48. The molecule has 29 heavy (non-hydrogen) atoms. The van der Waals surface area contributed by atoms with Crippen molar-refractivity contribution in [3.63, 3.8) is 0 Å². The van der Waals surface area contributed by atoms with Crippen molar-refractivity contribution in [3.8, 4) is 17.2 Å². The normalized spacial score (nSPS) is 16.6. The molecule has 1 saturated heterocycles. The van der Waals surface area contributed by atoms with Gasteiger partial charge in [-0.25, -0.2) is 18.8 Å². The number of nitrogens with one attached hydrogen (secondary N) is 2. The summed E-state index contributed by atoms with van der Waals surface area (Å²) in [5.41, 5.74) is 6.53. The van der Waals surface area contributed by atoms with E-state index in [-0.39, 0.29) is 11.4 Å². The Kier molecular flexibility index (Phi) is 5.32. The molecule has 1 amide bonds. The van der Waals surface area contributed by atoms with Crippen LogP contribution in [0.15, 0.2) is 70.2 Å². The van der Waals surface area contributed by atoms with E-state index in [4.69, 9.17) is 9.15 Å². The maximum atomic E-state index is 12.5. The van der Waals surface area contributed by atoms with Crippen LogP contribution in [0.25, 0.3) is 11.5 Å². The molecule has 9 heteroatoms. The minimum absolute atomic E-state index is 0.0437. The Morgan fingerprint density at radius 2 is 1.86 bits per heavy atom. The lowest BCUT2D eigenvalue weighted by Gasteiger charge is -2.10. The first-order valence-corrected chi connectivity index (χ1v) is 10.6. The monoisotopic (exact) mass is 413 g/mol. The summed E-state index contributed by atoms with van der Waals surface area (Å²) in [5.74, 6) is 0.540. The Morgan fingerprint density at radius 1 is 1.10 bits per heavy atom. The lowest BCUT2D eigenvalue weighted by Crippen LogP contribution is -2.32. The van der Waals surface area contributed by atoms with Crippen molar-refractivity contribution in [2.24, 2.45) is 0 Å². The van der Waals surface area contributed by atoms with E-state index in [1.54, 1.807) is 18.4 Å². The van der Waals surface area contributed by atoms with Crippen LogP contribution in [0, 0.1) is 0 Å². The highest BCUT2D eigenvalue weighted by molar-refractivity contribution is 7.92. The number of rotatable bonds is 7. The Balaban J connectivity index is 1.34. The molecule has 1 aliphatic heterocycles. The van der Waals surface area contributed by atoms with Crippen molar-refractivity contribution in [2.45, 2.75) is 16.6 Å². The van der Waals surface area contributed by atoms with Gasteiger partial charge in [0.25, 0.3) is 5.91 Å². The van der Waals surface area contributed by atoms with Gasteiger partial charge in [-0.05, 0) is 36.4 Å². The van der Waals surface area contributed by atoms with Crippen molar-refractivity contribution < 1.29 is 22.4 Å². The number of ether oxygens (including phenoxy) is 1. The number of carbonyl (C=O) groups excluding carboxylic acids is 1. The van der Waals surface area contributed by atoms with Crippen LogP contribution in [0.2, 0.25) is 0 Å². The molecule has 4 rings (SSSR count). The predicted molar refractivity (Wildman–Crippen MR) is 105 cm³/mol. The molecule has 8 nitrogen and oxygen atoms in total. The third-order valence-corrected chi connectivity index (χ3v) is 6.58. The number of benzene rings is 2. The maximum absolute atomic E-state index is 12.5. The van der Waals surface area contributed by atoms with Gasteiger partial charge in [0, 0.05) is 18.5 Å². The van der Waals surface area contributed by atoms with Crippen LogP contribution < -0.4 is 15.6 Å². The number of nitrogens with zero attached hydrogens (tertiary/aromatic N) is 1. The van der Waals surface area contributed by atoms with Gasteiger partial charge in [-0.3, -0.25) is 10.2 Å². The summed E-state index contributed by atoms with van der Waals surface area (Å²) in [5, 5.41) is -1.12. The highest BCUT2D eigenvalue weighted by Crippen LogP contribution is 2.22. The fourth-order valence-electron chi connectivity index (χ4n) is 2.95. The van der Waals surface area contributed by atoms with Crippen LogP contribution >= 0.6 is 0 Å². The molecular formula is C20H19N3O5S. The average molecular weight is 413 g/mol. The number of oxazole rings is 1.